The molecule has 0 bridgehead atoms. The fourth-order valence-electron chi connectivity index (χ4n) is 2.07. The van der Waals surface area contributed by atoms with Crippen LogP contribution in [0.1, 0.15) is 0 Å². The second-order valence-corrected chi connectivity index (χ2v) is 4.81. The Hall–Kier alpha value is -3.68. The van der Waals surface area contributed by atoms with Crippen LogP contribution in [-0.2, 0) is 0 Å². The van der Waals surface area contributed by atoms with E-state index >= 15 is 0 Å². The third-order valence-electron chi connectivity index (χ3n) is 3.07. The number of nitrogens with two attached hydrogens (primary N) is 3. The molecule has 0 saturated carbocycles. The molecule has 0 amide bonds. The Bertz CT molecular complexity index is 896. The van der Waals surface area contributed by atoms with Crippen molar-refractivity contribution >= 4 is 17.6 Å². The van der Waals surface area contributed by atoms with Crippen molar-refractivity contribution in [1.29, 1.82) is 0 Å². The standard InChI is InChI=1S/C16H15N7O/c17-15(18)22-16(19)20-12-9-5-4-8-11(12)14-21-13(23-24-14)10-6-2-1-3-7-10/h1-9H,(H6,17,18,19,20,22). The Morgan fingerprint density at radius 2 is 1.62 bits per heavy atom. The average Bonchev–Trinajstić information content (AvgIpc) is 3.05. The first kappa shape index (κ1) is 15.2. The molecule has 0 atom stereocenters. The number of para-hydroxylation sites is 1. The van der Waals surface area contributed by atoms with Crippen molar-refractivity contribution in [3.05, 3.63) is 54.6 Å². The normalized spacial score (nSPS) is 11.2. The molecule has 0 aliphatic carbocycles. The Morgan fingerprint density at radius 1 is 0.917 bits per heavy atom. The summed E-state index contributed by atoms with van der Waals surface area (Å²) in [4.78, 5) is 12.3. The van der Waals surface area contributed by atoms with Crippen LogP contribution in [-0.4, -0.2) is 22.1 Å². The van der Waals surface area contributed by atoms with Crippen molar-refractivity contribution in [1.82, 2.24) is 10.1 Å². The summed E-state index contributed by atoms with van der Waals surface area (Å²) in [6.07, 6.45) is 0. The van der Waals surface area contributed by atoms with E-state index in [1.165, 1.54) is 0 Å². The van der Waals surface area contributed by atoms with Crippen LogP contribution in [0.5, 0.6) is 0 Å². The summed E-state index contributed by atoms with van der Waals surface area (Å²) in [6.45, 7) is 0. The van der Waals surface area contributed by atoms with Gasteiger partial charge in [0.1, 0.15) is 0 Å². The van der Waals surface area contributed by atoms with Crippen molar-refractivity contribution in [2.75, 3.05) is 0 Å². The summed E-state index contributed by atoms with van der Waals surface area (Å²) in [5, 5.41) is 4.00. The Morgan fingerprint density at radius 3 is 2.38 bits per heavy atom. The van der Waals surface area contributed by atoms with Gasteiger partial charge in [0.05, 0.1) is 11.3 Å². The largest absolute Gasteiger partial charge is 0.370 e. The summed E-state index contributed by atoms with van der Waals surface area (Å²) in [6, 6.07) is 16.7. The van der Waals surface area contributed by atoms with Crippen molar-refractivity contribution in [2.45, 2.75) is 0 Å². The monoisotopic (exact) mass is 321 g/mol. The third kappa shape index (κ3) is 3.38. The SMILES string of the molecule is NC(N)=NC(N)=Nc1ccccc1-c1nc(-c2ccccc2)no1. The van der Waals surface area contributed by atoms with Gasteiger partial charge in [0.25, 0.3) is 5.89 Å². The molecule has 120 valence electrons. The first-order valence-corrected chi connectivity index (χ1v) is 7.06. The molecule has 2 aromatic carbocycles. The zero-order chi connectivity index (χ0) is 16.9. The van der Waals surface area contributed by atoms with Gasteiger partial charge in [-0.25, -0.2) is 4.99 Å². The maximum Gasteiger partial charge on any atom is 0.260 e. The van der Waals surface area contributed by atoms with Crippen LogP contribution < -0.4 is 17.2 Å². The summed E-state index contributed by atoms with van der Waals surface area (Å²) in [7, 11) is 0. The van der Waals surface area contributed by atoms with E-state index in [9.17, 15) is 0 Å². The number of benzene rings is 2. The molecule has 3 rings (SSSR count). The second kappa shape index (κ2) is 6.61. The fraction of sp³-hybridized carbons (Fsp3) is 0. The van der Waals surface area contributed by atoms with Gasteiger partial charge in [0.2, 0.25) is 11.8 Å². The summed E-state index contributed by atoms with van der Waals surface area (Å²) >= 11 is 0. The van der Waals surface area contributed by atoms with Crippen molar-refractivity contribution in [3.63, 3.8) is 0 Å². The molecule has 0 aliphatic heterocycles. The van der Waals surface area contributed by atoms with Crippen LogP contribution in [0.2, 0.25) is 0 Å². The molecule has 24 heavy (non-hydrogen) atoms. The highest BCUT2D eigenvalue weighted by Crippen LogP contribution is 2.30. The molecule has 1 heterocycles. The number of nitrogens with zero attached hydrogens (tertiary/aromatic N) is 4. The maximum atomic E-state index is 5.69. The van der Waals surface area contributed by atoms with Crippen molar-refractivity contribution in [2.24, 2.45) is 27.2 Å². The number of guanidine groups is 2. The number of aromatic nitrogens is 2. The van der Waals surface area contributed by atoms with Gasteiger partial charge in [-0.3, -0.25) is 0 Å². The van der Waals surface area contributed by atoms with Gasteiger partial charge in [-0.1, -0.05) is 47.6 Å². The van der Waals surface area contributed by atoms with E-state index < -0.39 is 0 Å². The van der Waals surface area contributed by atoms with Gasteiger partial charge in [-0.2, -0.15) is 9.98 Å². The van der Waals surface area contributed by atoms with Crippen LogP contribution in [0, 0.1) is 0 Å². The van der Waals surface area contributed by atoms with Crippen LogP contribution in [0.25, 0.3) is 22.8 Å². The highest BCUT2D eigenvalue weighted by atomic mass is 16.5. The van der Waals surface area contributed by atoms with Crippen LogP contribution in [0.4, 0.5) is 5.69 Å². The van der Waals surface area contributed by atoms with E-state index in [2.05, 4.69) is 20.1 Å². The molecule has 8 nitrogen and oxygen atoms in total. The van der Waals surface area contributed by atoms with Crippen molar-refractivity contribution in [3.8, 4) is 22.8 Å². The van der Waals surface area contributed by atoms with Crippen LogP contribution >= 0.6 is 0 Å². The smallest absolute Gasteiger partial charge is 0.260 e. The highest BCUT2D eigenvalue weighted by Gasteiger charge is 2.13. The molecule has 3 aromatic rings. The van der Waals surface area contributed by atoms with Gasteiger partial charge in [0.15, 0.2) is 5.96 Å². The molecular weight excluding hydrogens is 306 g/mol. The van der Waals surface area contributed by atoms with Gasteiger partial charge < -0.3 is 21.7 Å². The zero-order valence-corrected chi connectivity index (χ0v) is 12.6. The first-order chi connectivity index (χ1) is 11.6. The van der Waals surface area contributed by atoms with E-state index in [0.29, 0.717) is 23.0 Å². The van der Waals surface area contributed by atoms with E-state index in [4.69, 9.17) is 21.7 Å². The second-order valence-electron chi connectivity index (χ2n) is 4.81. The lowest BCUT2D eigenvalue weighted by Crippen LogP contribution is -2.26. The minimum Gasteiger partial charge on any atom is -0.370 e. The van der Waals surface area contributed by atoms with E-state index in [1.807, 2.05) is 36.4 Å². The summed E-state index contributed by atoms with van der Waals surface area (Å²) in [5.74, 6) is 0.579. The Labute approximate surface area is 137 Å². The molecular formula is C16H15N7O. The average molecular weight is 321 g/mol. The maximum absolute atomic E-state index is 5.69. The topological polar surface area (TPSA) is 142 Å². The third-order valence-corrected chi connectivity index (χ3v) is 3.07. The number of hydrogen-bond acceptors (Lipinski definition) is 4. The van der Waals surface area contributed by atoms with Gasteiger partial charge >= 0.3 is 0 Å². The van der Waals surface area contributed by atoms with Crippen molar-refractivity contribution < 1.29 is 4.52 Å². The van der Waals surface area contributed by atoms with Crippen LogP contribution in [0.3, 0.4) is 0 Å². The van der Waals surface area contributed by atoms with E-state index in [-0.39, 0.29) is 11.9 Å². The predicted octanol–water partition coefficient (Wildman–Crippen LogP) is 1.62. The molecule has 0 fully saturated rings. The number of hydrogen-bond donors (Lipinski definition) is 3. The van der Waals surface area contributed by atoms with Crippen LogP contribution in [0.15, 0.2) is 69.1 Å². The quantitative estimate of drug-likeness (QED) is 0.494. The van der Waals surface area contributed by atoms with E-state index in [1.54, 1.807) is 18.2 Å². The predicted molar refractivity (Wildman–Crippen MR) is 92.3 cm³/mol. The number of rotatable bonds is 3. The molecule has 0 saturated heterocycles. The molecule has 0 spiro atoms. The lowest BCUT2D eigenvalue weighted by molar-refractivity contribution is 0.432. The van der Waals surface area contributed by atoms with Gasteiger partial charge in [-0.15, -0.1) is 0 Å². The summed E-state index contributed by atoms with van der Waals surface area (Å²) < 4.78 is 5.35. The molecule has 0 unspecified atom stereocenters. The Balaban J connectivity index is 1.99. The molecule has 6 N–H and O–H groups in total. The minimum atomic E-state index is -0.169. The molecule has 0 radical (unpaired) electrons. The fourth-order valence-corrected chi connectivity index (χ4v) is 2.07. The lowest BCUT2D eigenvalue weighted by Gasteiger charge is -2.01. The first-order valence-electron chi connectivity index (χ1n) is 7.06. The van der Waals surface area contributed by atoms with Gasteiger partial charge in [0, 0.05) is 5.56 Å². The van der Waals surface area contributed by atoms with Gasteiger partial charge in [-0.05, 0) is 12.1 Å². The van der Waals surface area contributed by atoms with E-state index in [0.717, 1.165) is 5.56 Å². The molecule has 1 aromatic heterocycles. The Kier molecular flexibility index (Phi) is 4.19. The molecule has 0 aliphatic rings. The summed E-state index contributed by atoms with van der Waals surface area (Å²) in [5.41, 5.74) is 18.3. The zero-order valence-electron chi connectivity index (χ0n) is 12.6. The molecule has 8 heteroatoms. The number of aliphatic imine (C=N–C) groups is 2. The minimum absolute atomic E-state index is 0.0646. The highest BCUT2D eigenvalue weighted by molar-refractivity contribution is 5.94. The lowest BCUT2D eigenvalue weighted by atomic mass is 10.2.